The first-order chi connectivity index (χ1) is 8.40. The maximum absolute atomic E-state index is 5.75. The molecule has 0 radical (unpaired) electrons. The minimum Gasteiger partial charge on any atom is -0.321 e. The maximum atomic E-state index is 5.75. The highest BCUT2D eigenvalue weighted by molar-refractivity contribution is 8.75. The molecule has 1 aromatic rings. The van der Waals surface area contributed by atoms with Gasteiger partial charge in [0.05, 0.1) is 17.4 Å². The monoisotopic (exact) mass is 318 g/mol. The quantitative estimate of drug-likeness (QED) is 0.593. The predicted octanol–water partition coefficient (Wildman–Crippen LogP) is 4.39. The zero-order valence-electron chi connectivity index (χ0n) is 10.3. The van der Waals surface area contributed by atoms with Crippen molar-refractivity contribution in [2.45, 2.75) is 13.8 Å². The van der Waals surface area contributed by atoms with Gasteiger partial charge < -0.3 is 9.05 Å². The van der Waals surface area contributed by atoms with Crippen LogP contribution < -0.4 is 0 Å². The van der Waals surface area contributed by atoms with Crippen LogP contribution in [0.3, 0.4) is 0 Å². The molecule has 0 bridgehead atoms. The number of benzene rings is 1. The van der Waals surface area contributed by atoms with Gasteiger partial charge in [0.25, 0.3) is 5.69 Å². The van der Waals surface area contributed by atoms with E-state index in [2.05, 4.69) is 13.8 Å². The second-order valence-electron chi connectivity index (χ2n) is 4.90. The molecule has 2 rings (SSSR count). The van der Waals surface area contributed by atoms with Crippen LogP contribution >= 0.6 is 29.3 Å². The molecule has 1 aromatic carbocycles. The van der Waals surface area contributed by atoms with E-state index in [4.69, 9.17) is 33.1 Å². The highest BCUT2D eigenvalue weighted by Gasteiger charge is 2.34. The van der Waals surface area contributed by atoms with Gasteiger partial charge in [0, 0.05) is 5.41 Å². The molecular weight excluding hydrogens is 303 g/mol. The fourth-order valence-corrected chi connectivity index (χ4v) is 7.00. The van der Waals surface area contributed by atoms with Gasteiger partial charge in [-0.05, 0) is 28.8 Å². The SMILES string of the molecule is CC1(C)COP(=S)(SC(=S)c2ccccc2)OC1. The van der Waals surface area contributed by atoms with Crippen LogP contribution in [-0.4, -0.2) is 17.4 Å². The summed E-state index contributed by atoms with van der Waals surface area (Å²) in [7, 11) is 0. The predicted molar refractivity (Wildman–Crippen MR) is 85.7 cm³/mol. The van der Waals surface area contributed by atoms with Crippen molar-refractivity contribution in [3.63, 3.8) is 0 Å². The maximum Gasteiger partial charge on any atom is 0.253 e. The van der Waals surface area contributed by atoms with Gasteiger partial charge in [-0.25, -0.2) is 0 Å². The largest absolute Gasteiger partial charge is 0.321 e. The van der Waals surface area contributed by atoms with Gasteiger partial charge >= 0.3 is 0 Å². The van der Waals surface area contributed by atoms with E-state index < -0.39 is 5.69 Å². The summed E-state index contributed by atoms with van der Waals surface area (Å²) in [6, 6.07) is 9.84. The lowest BCUT2D eigenvalue weighted by Crippen LogP contribution is -2.28. The van der Waals surface area contributed by atoms with E-state index in [-0.39, 0.29) is 5.41 Å². The smallest absolute Gasteiger partial charge is 0.253 e. The molecule has 0 aromatic heterocycles. The van der Waals surface area contributed by atoms with Crippen LogP contribution in [0.1, 0.15) is 19.4 Å². The molecule has 1 heterocycles. The van der Waals surface area contributed by atoms with Crippen molar-refractivity contribution in [1.29, 1.82) is 0 Å². The van der Waals surface area contributed by atoms with Gasteiger partial charge in [0.2, 0.25) is 0 Å². The number of hydrogen-bond donors (Lipinski definition) is 0. The van der Waals surface area contributed by atoms with E-state index in [0.29, 0.717) is 13.2 Å². The third-order valence-corrected chi connectivity index (χ3v) is 7.96. The molecule has 0 spiro atoms. The lowest BCUT2D eigenvalue weighted by Gasteiger charge is -2.35. The molecule has 0 saturated carbocycles. The summed E-state index contributed by atoms with van der Waals surface area (Å²) in [5.74, 6) is 0. The molecule has 1 saturated heterocycles. The van der Waals surface area contributed by atoms with Crippen LogP contribution in [0.25, 0.3) is 0 Å². The Labute approximate surface area is 122 Å². The molecule has 1 aliphatic heterocycles. The summed E-state index contributed by atoms with van der Waals surface area (Å²) < 4.78 is 12.3. The van der Waals surface area contributed by atoms with Crippen molar-refractivity contribution >= 4 is 45.3 Å². The molecule has 18 heavy (non-hydrogen) atoms. The van der Waals surface area contributed by atoms with Gasteiger partial charge in [-0.2, -0.15) is 0 Å². The first-order valence-corrected chi connectivity index (χ1v) is 10.1. The Morgan fingerprint density at radius 2 is 1.78 bits per heavy atom. The van der Waals surface area contributed by atoms with E-state index in [1.807, 2.05) is 30.3 Å². The van der Waals surface area contributed by atoms with E-state index in [1.165, 1.54) is 11.4 Å². The first kappa shape index (κ1) is 14.6. The highest BCUT2D eigenvalue weighted by atomic mass is 32.9. The topological polar surface area (TPSA) is 18.5 Å². The molecule has 2 nitrogen and oxygen atoms in total. The normalized spacial score (nSPS) is 21.4. The third-order valence-electron chi connectivity index (χ3n) is 2.43. The second kappa shape index (κ2) is 5.70. The summed E-state index contributed by atoms with van der Waals surface area (Å²) in [4.78, 5) is 0. The Morgan fingerprint density at radius 3 is 2.33 bits per heavy atom. The van der Waals surface area contributed by atoms with Gasteiger partial charge in [-0.1, -0.05) is 56.4 Å². The second-order valence-corrected chi connectivity index (χ2v) is 11.7. The van der Waals surface area contributed by atoms with Crippen LogP contribution in [-0.2, 0) is 20.9 Å². The van der Waals surface area contributed by atoms with Crippen molar-refractivity contribution in [3.8, 4) is 0 Å². The van der Waals surface area contributed by atoms with Crippen LogP contribution in [0.5, 0.6) is 0 Å². The zero-order valence-corrected chi connectivity index (χ0v) is 13.6. The van der Waals surface area contributed by atoms with Crippen molar-refractivity contribution in [2.24, 2.45) is 5.41 Å². The molecule has 1 fully saturated rings. The van der Waals surface area contributed by atoms with Crippen LogP contribution in [0.15, 0.2) is 30.3 Å². The van der Waals surface area contributed by atoms with Crippen LogP contribution in [0, 0.1) is 5.41 Å². The summed E-state index contributed by atoms with van der Waals surface area (Å²) in [6.07, 6.45) is 0. The van der Waals surface area contributed by atoms with E-state index >= 15 is 0 Å². The van der Waals surface area contributed by atoms with Crippen LogP contribution in [0.2, 0.25) is 0 Å². The zero-order chi connectivity index (χ0) is 13.2. The Kier molecular flexibility index (Phi) is 4.63. The molecular formula is C12H15O2PS3. The summed E-state index contributed by atoms with van der Waals surface area (Å²) in [5.41, 5.74) is -1.27. The molecule has 0 unspecified atom stereocenters. The number of rotatable bonds is 2. The summed E-state index contributed by atoms with van der Waals surface area (Å²) in [6.45, 7) is 5.47. The molecule has 0 aliphatic carbocycles. The minimum absolute atomic E-state index is 0.0389. The first-order valence-electron chi connectivity index (χ1n) is 5.58. The lowest BCUT2D eigenvalue weighted by molar-refractivity contribution is 0.0673. The molecule has 6 heteroatoms. The van der Waals surface area contributed by atoms with Crippen molar-refractivity contribution in [2.75, 3.05) is 13.2 Å². The van der Waals surface area contributed by atoms with Crippen LogP contribution in [0.4, 0.5) is 0 Å². The molecule has 0 amide bonds. The van der Waals surface area contributed by atoms with Gasteiger partial charge in [-0.3, -0.25) is 0 Å². The Hall–Kier alpha value is 0.230. The molecule has 1 aliphatic rings. The van der Waals surface area contributed by atoms with Gasteiger partial charge in [0.15, 0.2) is 0 Å². The fourth-order valence-electron chi connectivity index (χ4n) is 1.37. The van der Waals surface area contributed by atoms with Crippen molar-refractivity contribution in [1.82, 2.24) is 0 Å². The van der Waals surface area contributed by atoms with Crippen molar-refractivity contribution < 1.29 is 9.05 Å². The average molecular weight is 318 g/mol. The van der Waals surface area contributed by atoms with Crippen molar-refractivity contribution in [3.05, 3.63) is 35.9 Å². The summed E-state index contributed by atoms with van der Waals surface area (Å²) >= 11 is 12.3. The Bertz CT molecular complexity index is 473. The fraction of sp³-hybridized carbons (Fsp3) is 0.417. The molecule has 0 N–H and O–H groups in total. The average Bonchev–Trinajstić information content (AvgIpc) is 2.35. The van der Waals surface area contributed by atoms with E-state index in [9.17, 15) is 0 Å². The highest BCUT2D eigenvalue weighted by Crippen LogP contribution is 2.65. The lowest BCUT2D eigenvalue weighted by atomic mass is 9.97. The van der Waals surface area contributed by atoms with E-state index in [1.54, 1.807) is 0 Å². The standard InChI is InChI=1S/C12H15O2PS3/c1-12(2)8-13-15(17,14-9-12)18-11(16)10-6-4-3-5-7-10/h3-7H,8-9H2,1-2H3. The Balaban J connectivity index is 2.02. The Morgan fingerprint density at radius 1 is 1.22 bits per heavy atom. The molecule has 98 valence electrons. The molecule has 0 atom stereocenters. The van der Waals surface area contributed by atoms with Gasteiger partial charge in [0.1, 0.15) is 0 Å². The summed E-state index contributed by atoms with van der Waals surface area (Å²) in [5, 5.41) is 0. The number of thiocarbonyl (C=S) groups is 1. The third kappa shape index (κ3) is 3.86. The number of hydrogen-bond acceptors (Lipinski definition) is 5. The minimum atomic E-state index is -2.31. The van der Waals surface area contributed by atoms with Gasteiger partial charge in [-0.15, -0.1) is 0 Å². The van der Waals surface area contributed by atoms with E-state index in [0.717, 1.165) is 9.76 Å².